The van der Waals surface area contributed by atoms with Crippen molar-refractivity contribution in [2.75, 3.05) is 44.9 Å². The lowest BCUT2D eigenvalue weighted by atomic mass is 10.1. The number of nitrogens with zero attached hydrogens (tertiary/aromatic N) is 2. The number of aryl methyl sites for hydroxylation is 1. The van der Waals surface area contributed by atoms with Gasteiger partial charge in [0.25, 0.3) is 0 Å². The first-order valence-electron chi connectivity index (χ1n) is 12.8. The Balaban J connectivity index is 1.62. The van der Waals surface area contributed by atoms with E-state index in [9.17, 15) is 20.4 Å². The molecule has 0 aromatic heterocycles. The van der Waals surface area contributed by atoms with Crippen LogP contribution < -0.4 is 24.8 Å². The van der Waals surface area contributed by atoms with Gasteiger partial charge in [0, 0.05) is 30.9 Å². The molecule has 0 heterocycles. The van der Waals surface area contributed by atoms with Gasteiger partial charge in [-0.3, -0.25) is 0 Å². The second-order valence-corrected chi connectivity index (χ2v) is 8.71. The zero-order chi connectivity index (χ0) is 29.9. The van der Waals surface area contributed by atoms with Crippen LogP contribution in [-0.2, 0) is 4.74 Å². The molecule has 12 heteroatoms. The Labute approximate surface area is 242 Å². The smallest absolute Gasteiger partial charge is 0.186 e. The lowest BCUT2D eigenvalue weighted by Gasteiger charge is -2.16. The molecule has 0 atom stereocenters. The van der Waals surface area contributed by atoms with Crippen LogP contribution in [0.3, 0.4) is 0 Å². The van der Waals surface area contributed by atoms with Gasteiger partial charge in [0.05, 0.1) is 22.8 Å². The van der Waals surface area contributed by atoms with Gasteiger partial charge in [0.1, 0.15) is 34.4 Å². The molecule has 0 spiro atoms. The number of benzene rings is 3. The standard InChI is InChI=1S/C30H32N4O8/c1-19-3-7-24(27(11-19)39-15-35)32-21-5-9-26(29(13-21)41-17-37)34-22-6-10-25(30(14-22)42-18-38)33-20-4-8-23(31-2)28(12-20)40-16-36/h3-14,31,33,35-38H,15-18H2,1-2H3. The van der Waals surface area contributed by atoms with Crippen molar-refractivity contribution in [3.8, 4) is 17.2 Å². The summed E-state index contributed by atoms with van der Waals surface area (Å²) < 4.78 is 21.4. The fourth-order valence-corrected chi connectivity index (χ4v) is 4.05. The van der Waals surface area contributed by atoms with E-state index >= 15 is 0 Å². The zero-order valence-electron chi connectivity index (χ0n) is 23.1. The van der Waals surface area contributed by atoms with E-state index in [1.54, 1.807) is 67.7 Å². The largest absolute Gasteiger partial charge is 0.466 e. The van der Waals surface area contributed by atoms with E-state index in [2.05, 4.69) is 20.6 Å². The summed E-state index contributed by atoms with van der Waals surface area (Å²) in [6, 6.07) is 15.9. The molecule has 6 N–H and O–H groups in total. The van der Waals surface area contributed by atoms with Gasteiger partial charge in [0.15, 0.2) is 27.2 Å². The molecule has 0 unspecified atom stereocenters. The summed E-state index contributed by atoms with van der Waals surface area (Å²) >= 11 is 0. The molecule has 0 fully saturated rings. The highest BCUT2D eigenvalue weighted by atomic mass is 16.6. The molecule has 0 bridgehead atoms. The van der Waals surface area contributed by atoms with Crippen LogP contribution in [0.2, 0.25) is 0 Å². The van der Waals surface area contributed by atoms with Crippen LogP contribution in [-0.4, -0.2) is 66.1 Å². The molecule has 0 saturated carbocycles. The molecule has 42 heavy (non-hydrogen) atoms. The van der Waals surface area contributed by atoms with Gasteiger partial charge in [-0.05, 0) is 61.0 Å². The number of aliphatic imine (C=N–C) groups is 2. The molecule has 3 aromatic carbocycles. The summed E-state index contributed by atoms with van der Waals surface area (Å²) in [7, 11) is 1.75. The fraction of sp³-hybridized carbons (Fsp3) is 0.200. The average molecular weight is 577 g/mol. The van der Waals surface area contributed by atoms with Crippen molar-refractivity contribution in [1.29, 1.82) is 0 Å². The van der Waals surface area contributed by atoms with E-state index in [-0.39, 0.29) is 5.76 Å². The number of ether oxygens (including phenoxy) is 4. The number of nitrogens with one attached hydrogen (secondary N) is 2. The van der Waals surface area contributed by atoms with E-state index in [4.69, 9.17) is 18.9 Å². The highest BCUT2D eigenvalue weighted by Gasteiger charge is 2.15. The number of hydrogen-bond acceptors (Lipinski definition) is 12. The molecule has 12 nitrogen and oxygen atoms in total. The molecule has 0 aliphatic heterocycles. The number of rotatable bonds is 13. The van der Waals surface area contributed by atoms with E-state index in [0.29, 0.717) is 57.1 Å². The van der Waals surface area contributed by atoms with Crippen molar-refractivity contribution in [2.24, 2.45) is 9.98 Å². The molecular formula is C30H32N4O8. The number of allylic oxidation sites excluding steroid dienone is 3. The quantitative estimate of drug-likeness (QED) is 0.129. The molecule has 4 rings (SSSR count). The van der Waals surface area contributed by atoms with Crippen molar-refractivity contribution >= 4 is 39.9 Å². The first kappa shape index (κ1) is 30.1. The molecule has 1 aliphatic rings. The van der Waals surface area contributed by atoms with Crippen molar-refractivity contribution in [3.63, 3.8) is 0 Å². The number of anilines is 3. The Morgan fingerprint density at radius 3 is 2.10 bits per heavy atom. The van der Waals surface area contributed by atoms with Crippen molar-refractivity contribution in [2.45, 2.75) is 6.92 Å². The Hall–Kier alpha value is -4.88. The van der Waals surface area contributed by atoms with Gasteiger partial charge < -0.3 is 50.0 Å². The third-order valence-electron chi connectivity index (χ3n) is 5.93. The van der Waals surface area contributed by atoms with Crippen molar-refractivity contribution in [1.82, 2.24) is 0 Å². The lowest BCUT2D eigenvalue weighted by Crippen LogP contribution is -2.11. The van der Waals surface area contributed by atoms with Crippen molar-refractivity contribution < 1.29 is 39.4 Å². The molecule has 1 aliphatic carbocycles. The topological polar surface area (TPSA) is 167 Å². The average Bonchev–Trinajstić information content (AvgIpc) is 2.98. The maximum atomic E-state index is 9.49. The van der Waals surface area contributed by atoms with Crippen LogP contribution in [0.15, 0.2) is 88.6 Å². The van der Waals surface area contributed by atoms with Crippen LogP contribution in [0.4, 0.5) is 28.4 Å². The van der Waals surface area contributed by atoms with E-state index in [1.165, 1.54) is 0 Å². The van der Waals surface area contributed by atoms with Crippen LogP contribution in [0.25, 0.3) is 0 Å². The maximum absolute atomic E-state index is 9.49. The van der Waals surface area contributed by atoms with Gasteiger partial charge in [-0.2, -0.15) is 0 Å². The SMILES string of the molecule is CNc1ccc(Nc2ccc(N=C3C=CC(=Nc4ccc(C)cc4OCO)C=C3OCO)cc2OCO)cc1OCO. The second-order valence-electron chi connectivity index (χ2n) is 8.71. The van der Waals surface area contributed by atoms with Gasteiger partial charge >= 0.3 is 0 Å². The molecule has 0 amide bonds. The summed E-state index contributed by atoms with van der Waals surface area (Å²) in [5.74, 6) is 1.49. The monoisotopic (exact) mass is 576 g/mol. The summed E-state index contributed by atoms with van der Waals surface area (Å²) in [4.78, 5) is 9.23. The molecule has 0 saturated heterocycles. The minimum atomic E-state index is -0.578. The minimum Gasteiger partial charge on any atom is -0.466 e. The Bertz CT molecular complexity index is 1520. The summed E-state index contributed by atoms with van der Waals surface area (Å²) in [5.41, 5.74) is 4.80. The zero-order valence-corrected chi connectivity index (χ0v) is 23.1. The van der Waals surface area contributed by atoms with Gasteiger partial charge in [-0.1, -0.05) is 6.07 Å². The second kappa shape index (κ2) is 14.7. The highest BCUT2D eigenvalue weighted by Crippen LogP contribution is 2.35. The van der Waals surface area contributed by atoms with Crippen LogP contribution in [0.5, 0.6) is 17.2 Å². The van der Waals surface area contributed by atoms with E-state index in [1.807, 2.05) is 19.1 Å². The predicted molar refractivity (Wildman–Crippen MR) is 160 cm³/mol. The van der Waals surface area contributed by atoms with E-state index in [0.717, 1.165) is 5.56 Å². The number of hydrogen-bond donors (Lipinski definition) is 6. The normalized spacial score (nSPS) is 14.5. The van der Waals surface area contributed by atoms with Crippen molar-refractivity contribution in [3.05, 3.63) is 84.1 Å². The number of aliphatic hydroxyl groups is 4. The summed E-state index contributed by atoms with van der Waals surface area (Å²) in [5, 5.41) is 43.6. The Kier molecular flexibility index (Phi) is 10.5. The predicted octanol–water partition coefficient (Wildman–Crippen LogP) is 4.03. The van der Waals surface area contributed by atoms with Gasteiger partial charge in [-0.25, -0.2) is 9.98 Å². The Morgan fingerprint density at radius 2 is 1.38 bits per heavy atom. The van der Waals surface area contributed by atoms with E-state index < -0.39 is 27.2 Å². The van der Waals surface area contributed by atoms with Gasteiger partial charge in [-0.15, -0.1) is 0 Å². The van der Waals surface area contributed by atoms with Crippen LogP contribution in [0.1, 0.15) is 5.56 Å². The molecule has 0 radical (unpaired) electrons. The number of aliphatic hydroxyl groups excluding tert-OH is 4. The summed E-state index contributed by atoms with van der Waals surface area (Å²) in [6.07, 6.45) is 5.04. The van der Waals surface area contributed by atoms with Crippen LogP contribution >= 0.6 is 0 Å². The van der Waals surface area contributed by atoms with Crippen LogP contribution in [0, 0.1) is 6.92 Å². The summed E-state index contributed by atoms with van der Waals surface area (Å²) in [6.45, 7) is -0.199. The molecule has 220 valence electrons. The Morgan fingerprint density at radius 1 is 0.690 bits per heavy atom. The minimum absolute atomic E-state index is 0.281. The maximum Gasteiger partial charge on any atom is 0.186 e. The third kappa shape index (κ3) is 7.65. The lowest BCUT2D eigenvalue weighted by molar-refractivity contribution is 0.0514. The van der Waals surface area contributed by atoms with Gasteiger partial charge in [0.2, 0.25) is 0 Å². The first-order valence-corrected chi connectivity index (χ1v) is 12.8. The third-order valence-corrected chi connectivity index (χ3v) is 5.93. The first-order chi connectivity index (χ1) is 20.5. The molecule has 3 aromatic rings. The highest BCUT2D eigenvalue weighted by molar-refractivity contribution is 6.21. The molecular weight excluding hydrogens is 544 g/mol. The fourth-order valence-electron chi connectivity index (χ4n) is 4.05.